The summed E-state index contributed by atoms with van der Waals surface area (Å²) in [6.45, 7) is 0.908. The van der Waals surface area contributed by atoms with Crippen molar-refractivity contribution in [1.82, 2.24) is 4.98 Å². The first kappa shape index (κ1) is 29.3. The number of nitro benzene ring substituents is 2. The molecule has 11 nitrogen and oxygen atoms in total. The van der Waals surface area contributed by atoms with E-state index in [1.54, 1.807) is 55.0 Å². The van der Waals surface area contributed by atoms with E-state index < -0.39 is 9.85 Å². The van der Waals surface area contributed by atoms with Crippen molar-refractivity contribution in [2.75, 3.05) is 0 Å². The highest BCUT2D eigenvalue weighted by atomic mass is 16.6. The van der Waals surface area contributed by atoms with E-state index in [1.165, 1.54) is 24.3 Å². The molecule has 0 aliphatic heterocycles. The molecule has 1 heterocycles. The summed E-state index contributed by atoms with van der Waals surface area (Å²) in [4.78, 5) is 34.1. The zero-order valence-electron chi connectivity index (χ0n) is 23.2. The van der Waals surface area contributed by atoms with E-state index in [0.717, 1.165) is 22.4 Å². The Kier molecular flexibility index (Phi) is 9.38. The van der Waals surface area contributed by atoms with Crippen LogP contribution in [0, 0.1) is 20.2 Å². The summed E-state index contributed by atoms with van der Waals surface area (Å²) < 4.78 is 11.5. The standard InChI is InChI=1S/C33H25N5O6/c39-37(40)28-7-15-32(16-8-28)43-30-11-2-24(3-12-30)19-34-21-26-1-6-27(36-22-26)23-35-20-25-4-13-31(14-5-25)44-33-17-9-29(10-18-33)38(41)42/h1-20,22H,21,23H2. The normalized spacial score (nSPS) is 11.1. The van der Waals surface area contributed by atoms with Gasteiger partial charge < -0.3 is 9.47 Å². The van der Waals surface area contributed by atoms with Crippen LogP contribution in [0.25, 0.3) is 0 Å². The molecule has 11 heteroatoms. The molecule has 0 aliphatic carbocycles. The Labute approximate surface area is 252 Å². The highest BCUT2D eigenvalue weighted by Gasteiger charge is 2.06. The van der Waals surface area contributed by atoms with Gasteiger partial charge in [0.2, 0.25) is 0 Å². The molecular formula is C33H25N5O6. The average Bonchev–Trinajstić information content (AvgIpc) is 3.04. The van der Waals surface area contributed by atoms with Gasteiger partial charge in [0.05, 0.1) is 28.6 Å². The zero-order valence-corrected chi connectivity index (χ0v) is 23.2. The molecule has 1 aromatic heterocycles. The SMILES string of the molecule is O=[N+]([O-])c1ccc(Oc2ccc(C=NCc3ccc(CN=Cc4ccc(Oc5ccc([N+](=O)[O-])cc5)cc4)nc3)cc2)cc1. The summed E-state index contributed by atoms with van der Waals surface area (Å²) in [5.74, 6) is 2.26. The van der Waals surface area contributed by atoms with E-state index in [2.05, 4.69) is 15.0 Å². The second kappa shape index (κ2) is 14.1. The summed E-state index contributed by atoms with van der Waals surface area (Å²) in [6.07, 6.45) is 5.32. The van der Waals surface area contributed by atoms with Gasteiger partial charge in [-0.25, -0.2) is 0 Å². The third-order valence-corrected chi connectivity index (χ3v) is 6.22. The second-order valence-corrected chi connectivity index (χ2v) is 9.44. The number of aromatic nitrogens is 1. The number of non-ortho nitro benzene ring substituents is 2. The monoisotopic (exact) mass is 587 g/mol. The summed E-state index contributed by atoms with van der Waals surface area (Å²) in [7, 11) is 0. The molecule has 0 amide bonds. The first-order chi connectivity index (χ1) is 21.4. The molecule has 218 valence electrons. The molecule has 4 aromatic carbocycles. The van der Waals surface area contributed by atoms with Crippen molar-refractivity contribution in [2.24, 2.45) is 9.98 Å². The molecule has 0 N–H and O–H groups in total. The third kappa shape index (κ3) is 8.40. The minimum absolute atomic E-state index is 0.0107. The number of nitrogens with zero attached hydrogens (tertiary/aromatic N) is 5. The Morgan fingerprint density at radius 3 is 1.36 bits per heavy atom. The van der Waals surface area contributed by atoms with Crippen molar-refractivity contribution in [3.05, 3.63) is 158 Å². The van der Waals surface area contributed by atoms with Gasteiger partial charge in [-0.3, -0.25) is 35.2 Å². The molecule has 5 aromatic rings. The summed E-state index contributed by atoms with van der Waals surface area (Å²) in [6, 6.07) is 30.5. The Balaban J connectivity index is 1.06. The highest BCUT2D eigenvalue weighted by molar-refractivity contribution is 5.80. The number of benzene rings is 4. The number of ether oxygens (including phenoxy) is 2. The van der Waals surface area contributed by atoms with Gasteiger partial charge >= 0.3 is 0 Å². The Hall–Kier alpha value is -6.23. The number of rotatable bonds is 12. The van der Waals surface area contributed by atoms with E-state index >= 15 is 0 Å². The van der Waals surface area contributed by atoms with E-state index in [1.807, 2.05) is 48.5 Å². The molecule has 0 atom stereocenters. The van der Waals surface area contributed by atoms with E-state index in [4.69, 9.17) is 9.47 Å². The smallest absolute Gasteiger partial charge is 0.269 e. The van der Waals surface area contributed by atoms with Crippen molar-refractivity contribution in [3.8, 4) is 23.0 Å². The fourth-order valence-electron chi connectivity index (χ4n) is 3.93. The second-order valence-electron chi connectivity index (χ2n) is 9.44. The highest BCUT2D eigenvalue weighted by Crippen LogP contribution is 2.25. The molecule has 0 bridgehead atoms. The third-order valence-electron chi connectivity index (χ3n) is 6.22. The summed E-state index contributed by atoms with van der Waals surface area (Å²) >= 11 is 0. The first-order valence-electron chi connectivity index (χ1n) is 13.4. The lowest BCUT2D eigenvalue weighted by atomic mass is 10.2. The minimum atomic E-state index is -0.452. The molecule has 0 aliphatic rings. The van der Waals surface area contributed by atoms with E-state index in [0.29, 0.717) is 36.1 Å². The van der Waals surface area contributed by atoms with Crippen LogP contribution in [-0.4, -0.2) is 27.3 Å². The molecule has 0 saturated heterocycles. The van der Waals surface area contributed by atoms with Crippen LogP contribution in [0.3, 0.4) is 0 Å². The maximum Gasteiger partial charge on any atom is 0.269 e. The first-order valence-corrected chi connectivity index (χ1v) is 13.4. The average molecular weight is 588 g/mol. The molecule has 0 unspecified atom stereocenters. The van der Waals surface area contributed by atoms with Gasteiger partial charge in [-0.15, -0.1) is 0 Å². The Morgan fingerprint density at radius 1 is 0.568 bits per heavy atom. The maximum atomic E-state index is 10.8. The van der Waals surface area contributed by atoms with Crippen LogP contribution in [0.4, 0.5) is 11.4 Å². The molecule has 44 heavy (non-hydrogen) atoms. The quantitative estimate of drug-likeness (QED) is 0.0826. The molecule has 0 saturated carbocycles. The number of hydrogen-bond acceptors (Lipinski definition) is 9. The zero-order chi connectivity index (χ0) is 30.7. The predicted octanol–water partition coefficient (Wildman–Crippen LogP) is 7.72. The van der Waals surface area contributed by atoms with Crippen LogP contribution in [0.1, 0.15) is 22.4 Å². The van der Waals surface area contributed by atoms with Crippen LogP contribution in [0.2, 0.25) is 0 Å². The van der Waals surface area contributed by atoms with E-state index in [-0.39, 0.29) is 11.4 Å². The van der Waals surface area contributed by atoms with Gasteiger partial charge in [-0.1, -0.05) is 6.07 Å². The minimum Gasteiger partial charge on any atom is -0.457 e. The van der Waals surface area contributed by atoms with Crippen LogP contribution in [0.15, 0.2) is 125 Å². The molecule has 0 fully saturated rings. The summed E-state index contributed by atoms with van der Waals surface area (Å²) in [5.41, 5.74) is 3.63. The van der Waals surface area contributed by atoms with Crippen LogP contribution < -0.4 is 9.47 Å². The van der Waals surface area contributed by atoms with E-state index in [9.17, 15) is 20.2 Å². The number of hydrogen-bond donors (Lipinski definition) is 0. The van der Waals surface area contributed by atoms with Gasteiger partial charge in [0.15, 0.2) is 0 Å². The molecule has 0 spiro atoms. The van der Waals surface area contributed by atoms with Gasteiger partial charge in [0.1, 0.15) is 23.0 Å². The van der Waals surface area contributed by atoms with Gasteiger partial charge in [0.25, 0.3) is 11.4 Å². The van der Waals surface area contributed by atoms with Gasteiger partial charge in [-0.05, 0) is 95.6 Å². The lowest BCUT2D eigenvalue weighted by molar-refractivity contribution is -0.385. The van der Waals surface area contributed by atoms with Crippen molar-refractivity contribution in [1.29, 1.82) is 0 Å². The lowest BCUT2D eigenvalue weighted by Gasteiger charge is -2.05. The fraction of sp³-hybridized carbons (Fsp3) is 0.0606. The fourth-order valence-corrected chi connectivity index (χ4v) is 3.93. The van der Waals surface area contributed by atoms with Crippen LogP contribution in [-0.2, 0) is 13.1 Å². The summed E-state index contributed by atoms with van der Waals surface area (Å²) in [5, 5.41) is 21.6. The lowest BCUT2D eigenvalue weighted by Crippen LogP contribution is -1.92. The van der Waals surface area contributed by atoms with Crippen molar-refractivity contribution < 1.29 is 19.3 Å². The Bertz CT molecular complexity index is 1640. The molecule has 0 radical (unpaired) electrons. The van der Waals surface area contributed by atoms with Crippen LogP contribution >= 0.6 is 0 Å². The van der Waals surface area contributed by atoms with Gasteiger partial charge in [-0.2, -0.15) is 0 Å². The maximum absolute atomic E-state index is 10.8. The molecule has 5 rings (SSSR count). The van der Waals surface area contributed by atoms with Crippen molar-refractivity contribution >= 4 is 23.8 Å². The van der Waals surface area contributed by atoms with Crippen molar-refractivity contribution in [3.63, 3.8) is 0 Å². The Morgan fingerprint density at radius 2 is 0.977 bits per heavy atom. The van der Waals surface area contributed by atoms with Gasteiger partial charge in [0, 0.05) is 42.9 Å². The molecular weight excluding hydrogens is 562 g/mol. The van der Waals surface area contributed by atoms with Crippen molar-refractivity contribution in [2.45, 2.75) is 13.1 Å². The largest absolute Gasteiger partial charge is 0.457 e. The predicted molar refractivity (Wildman–Crippen MR) is 166 cm³/mol. The number of aliphatic imine (C=N–C) groups is 2. The number of nitro groups is 2. The van der Waals surface area contributed by atoms with Crippen LogP contribution in [0.5, 0.6) is 23.0 Å². The topological polar surface area (TPSA) is 142 Å². The number of pyridine rings is 1.